The monoisotopic (exact) mass is 368 g/mol. The molecule has 0 radical (unpaired) electrons. The summed E-state index contributed by atoms with van der Waals surface area (Å²) in [6.07, 6.45) is 3.52. The van der Waals surface area contributed by atoms with Crippen molar-refractivity contribution in [3.05, 3.63) is 64.9 Å². The van der Waals surface area contributed by atoms with Crippen molar-refractivity contribution in [1.82, 2.24) is 20.6 Å². The van der Waals surface area contributed by atoms with Gasteiger partial charge in [0.05, 0.1) is 19.3 Å². The lowest BCUT2D eigenvalue weighted by Crippen LogP contribution is -2.34. The fourth-order valence-electron chi connectivity index (χ4n) is 2.35. The van der Waals surface area contributed by atoms with Crippen molar-refractivity contribution in [3.63, 3.8) is 0 Å². The van der Waals surface area contributed by atoms with Crippen molar-refractivity contribution in [3.8, 4) is 16.3 Å². The molecule has 7 heteroatoms. The summed E-state index contributed by atoms with van der Waals surface area (Å²) >= 11 is 1.57. The Morgan fingerprint density at radius 2 is 1.92 bits per heavy atom. The number of nitrogens with zero attached hydrogens (tertiary/aromatic N) is 2. The van der Waals surface area contributed by atoms with Gasteiger partial charge in [0.1, 0.15) is 10.8 Å². The molecule has 0 spiro atoms. The number of aryl methyl sites for hydroxylation is 1. The molecule has 0 fully saturated rings. The van der Waals surface area contributed by atoms with Gasteiger partial charge in [0.15, 0.2) is 0 Å². The van der Waals surface area contributed by atoms with Gasteiger partial charge in [0.2, 0.25) is 0 Å². The first-order valence-electron chi connectivity index (χ1n) is 8.17. The van der Waals surface area contributed by atoms with E-state index in [-0.39, 0.29) is 6.03 Å². The van der Waals surface area contributed by atoms with Gasteiger partial charge in [0, 0.05) is 29.4 Å². The molecular weight excluding hydrogens is 348 g/mol. The Morgan fingerprint density at radius 1 is 1.15 bits per heavy atom. The second-order valence-electron chi connectivity index (χ2n) is 5.65. The predicted molar refractivity (Wildman–Crippen MR) is 102 cm³/mol. The average Bonchev–Trinajstić information content (AvgIpc) is 3.06. The number of methoxy groups -OCH3 is 1. The van der Waals surface area contributed by atoms with E-state index in [0.717, 1.165) is 32.5 Å². The number of carbonyl (C=O) groups is 1. The molecule has 26 heavy (non-hydrogen) atoms. The van der Waals surface area contributed by atoms with Crippen LogP contribution in [-0.4, -0.2) is 23.1 Å². The third-order valence-electron chi connectivity index (χ3n) is 3.82. The predicted octanol–water partition coefficient (Wildman–Crippen LogP) is 3.52. The minimum Gasteiger partial charge on any atom is -0.497 e. The maximum absolute atomic E-state index is 12.0. The van der Waals surface area contributed by atoms with E-state index < -0.39 is 0 Å². The summed E-state index contributed by atoms with van der Waals surface area (Å²) in [5.41, 5.74) is 2.91. The van der Waals surface area contributed by atoms with Gasteiger partial charge in [-0.05, 0) is 36.8 Å². The molecule has 3 aromatic rings. The van der Waals surface area contributed by atoms with Crippen LogP contribution in [0.15, 0.2) is 48.8 Å². The largest absolute Gasteiger partial charge is 0.497 e. The smallest absolute Gasteiger partial charge is 0.315 e. The Bertz CT molecular complexity index is 863. The first-order valence-corrected chi connectivity index (χ1v) is 8.98. The number of rotatable bonds is 6. The third kappa shape index (κ3) is 4.58. The first-order chi connectivity index (χ1) is 12.7. The Labute approximate surface area is 156 Å². The van der Waals surface area contributed by atoms with E-state index in [2.05, 4.69) is 20.6 Å². The lowest BCUT2D eigenvalue weighted by Gasteiger charge is -2.07. The van der Waals surface area contributed by atoms with Gasteiger partial charge in [-0.2, -0.15) is 0 Å². The molecule has 0 saturated carbocycles. The zero-order valence-electron chi connectivity index (χ0n) is 14.7. The summed E-state index contributed by atoms with van der Waals surface area (Å²) in [6.45, 7) is 2.85. The van der Waals surface area contributed by atoms with E-state index in [4.69, 9.17) is 4.74 Å². The Balaban J connectivity index is 1.52. The summed E-state index contributed by atoms with van der Waals surface area (Å²) in [7, 11) is 1.63. The van der Waals surface area contributed by atoms with Gasteiger partial charge in [0.25, 0.3) is 0 Å². The van der Waals surface area contributed by atoms with E-state index in [1.165, 1.54) is 0 Å². The number of urea groups is 1. The molecule has 1 aromatic carbocycles. The SMILES string of the molecule is COc1ccc(CNC(=O)NCc2sc(-c3cccnc3)nc2C)cc1. The van der Waals surface area contributed by atoms with Gasteiger partial charge in [-0.3, -0.25) is 4.98 Å². The van der Waals surface area contributed by atoms with Crippen molar-refractivity contribution in [1.29, 1.82) is 0 Å². The fourth-order valence-corrected chi connectivity index (χ4v) is 3.35. The van der Waals surface area contributed by atoms with Crippen molar-refractivity contribution in [2.24, 2.45) is 0 Å². The van der Waals surface area contributed by atoms with Crippen LogP contribution in [0.3, 0.4) is 0 Å². The number of ether oxygens (including phenoxy) is 1. The number of benzene rings is 1. The number of amides is 2. The van der Waals surface area contributed by atoms with Crippen LogP contribution in [0, 0.1) is 6.92 Å². The van der Waals surface area contributed by atoms with Crippen LogP contribution in [0.1, 0.15) is 16.1 Å². The molecule has 2 heterocycles. The summed E-state index contributed by atoms with van der Waals surface area (Å²) in [5, 5.41) is 6.63. The van der Waals surface area contributed by atoms with Crippen molar-refractivity contribution >= 4 is 17.4 Å². The highest BCUT2D eigenvalue weighted by atomic mass is 32.1. The number of aromatic nitrogens is 2. The lowest BCUT2D eigenvalue weighted by atomic mass is 10.2. The molecule has 0 unspecified atom stereocenters. The third-order valence-corrected chi connectivity index (χ3v) is 5.03. The van der Waals surface area contributed by atoms with Crippen LogP contribution >= 0.6 is 11.3 Å². The van der Waals surface area contributed by atoms with Gasteiger partial charge in [-0.1, -0.05) is 12.1 Å². The molecule has 6 nitrogen and oxygen atoms in total. The van der Waals surface area contributed by atoms with E-state index >= 15 is 0 Å². The zero-order valence-corrected chi connectivity index (χ0v) is 15.5. The standard InChI is InChI=1S/C19H20N4O2S/c1-13-17(26-18(23-13)15-4-3-9-20-11-15)12-22-19(24)21-10-14-5-7-16(25-2)8-6-14/h3-9,11H,10,12H2,1-2H3,(H2,21,22,24). The van der Waals surface area contributed by atoms with Gasteiger partial charge >= 0.3 is 6.03 Å². The number of pyridine rings is 1. The number of hydrogen-bond donors (Lipinski definition) is 2. The fraction of sp³-hybridized carbons (Fsp3) is 0.211. The lowest BCUT2D eigenvalue weighted by molar-refractivity contribution is 0.240. The van der Waals surface area contributed by atoms with Crippen LogP contribution in [0.2, 0.25) is 0 Å². The number of nitrogens with one attached hydrogen (secondary N) is 2. The van der Waals surface area contributed by atoms with Crippen molar-refractivity contribution < 1.29 is 9.53 Å². The minimum absolute atomic E-state index is 0.212. The Morgan fingerprint density at radius 3 is 2.62 bits per heavy atom. The number of thiazole rings is 1. The molecule has 0 aliphatic rings. The average molecular weight is 368 g/mol. The molecule has 0 aliphatic heterocycles. The maximum atomic E-state index is 12.0. The van der Waals surface area contributed by atoms with E-state index in [1.54, 1.807) is 30.8 Å². The second-order valence-corrected chi connectivity index (χ2v) is 6.74. The van der Waals surface area contributed by atoms with Crippen LogP contribution in [0.25, 0.3) is 10.6 Å². The molecular formula is C19H20N4O2S. The highest BCUT2D eigenvalue weighted by Crippen LogP contribution is 2.27. The quantitative estimate of drug-likeness (QED) is 0.698. The van der Waals surface area contributed by atoms with Crippen LogP contribution in [0.5, 0.6) is 5.75 Å². The molecule has 2 aromatic heterocycles. The van der Waals surface area contributed by atoms with E-state index in [0.29, 0.717) is 13.1 Å². The Hall–Kier alpha value is -2.93. The van der Waals surface area contributed by atoms with Crippen LogP contribution < -0.4 is 15.4 Å². The van der Waals surface area contributed by atoms with E-state index in [1.807, 2.05) is 43.3 Å². The van der Waals surface area contributed by atoms with Crippen molar-refractivity contribution in [2.45, 2.75) is 20.0 Å². The number of hydrogen-bond acceptors (Lipinski definition) is 5. The van der Waals surface area contributed by atoms with Crippen LogP contribution in [0.4, 0.5) is 4.79 Å². The first kappa shape index (κ1) is 17.9. The van der Waals surface area contributed by atoms with Gasteiger partial charge < -0.3 is 15.4 Å². The molecule has 3 rings (SSSR count). The van der Waals surface area contributed by atoms with Gasteiger partial charge in [-0.25, -0.2) is 9.78 Å². The topological polar surface area (TPSA) is 76.1 Å². The highest BCUT2D eigenvalue weighted by Gasteiger charge is 2.10. The molecule has 134 valence electrons. The summed E-state index contributed by atoms with van der Waals surface area (Å²) in [6, 6.07) is 11.2. The second kappa shape index (κ2) is 8.44. The Kier molecular flexibility index (Phi) is 5.80. The van der Waals surface area contributed by atoms with Crippen LogP contribution in [-0.2, 0) is 13.1 Å². The molecule has 0 atom stereocenters. The number of carbonyl (C=O) groups excluding carboxylic acids is 1. The van der Waals surface area contributed by atoms with E-state index in [9.17, 15) is 4.79 Å². The summed E-state index contributed by atoms with van der Waals surface area (Å²) in [4.78, 5) is 21.7. The molecule has 2 amide bonds. The summed E-state index contributed by atoms with van der Waals surface area (Å²) < 4.78 is 5.12. The highest BCUT2D eigenvalue weighted by molar-refractivity contribution is 7.15. The molecule has 0 bridgehead atoms. The molecule has 0 aliphatic carbocycles. The maximum Gasteiger partial charge on any atom is 0.315 e. The molecule has 0 saturated heterocycles. The van der Waals surface area contributed by atoms with Gasteiger partial charge in [-0.15, -0.1) is 11.3 Å². The normalized spacial score (nSPS) is 10.4. The zero-order chi connectivity index (χ0) is 18.4. The summed E-state index contributed by atoms with van der Waals surface area (Å²) in [5.74, 6) is 0.795. The minimum atomic E-state index is -0.212. The van der Waals surface area contributed by atoms with Crippen molar-refractivity contribution in [2.75, 3.05) is 7.11 Å². The molecule has 2 N–H and O–H groups in total.